The Morgan fingerprint density at radius 2 is 2.11 bits per heavy atom. The van der Waals surface area contributed by atoms with Crippen molar-refractivity contribution >= 4 is 5.91 Å². The van der Waals surface area contributed by atoms with Crippen LogP contribution in [0.5, 0.6) is 0 Å². The smallest absolute Gasteiger partial charge is 0.331 e. The van der Waals surface area contributed by atoms with Gasteiger partial charge in [-0.1, -0.05) is 0 Å². The molecule has 0 saturated carbocycles. The van der Waals surface area contributed by atoms with Crippen molar-refractivity contribution in [2.75, 3.05) is 13.2 Å². The molecule has 2 rings (SSSR count). The van der Waals surface area contributed by atoms with E-state index in [1.807, 2.05) is 0 Å². The van der Waals surface area contributed by atoms with E-state index >= 15 is 0 Å². The molecule has 1 aliphatic heterocycles. The molecule has 104 valence electrons. The van der Waals surface area contributed by atoms with Crippen molar-refractivity contribution in [3.05, 3.63) is 33.1 Å². The molecule has 2 heterocycles. The number of nitrogens with one attached hydrogen (secondary N) is 1. The monoisotopic (exact) mass is 267 g/mol. The van der Waals surface area contributed by atoms with Crippen molar-refractivity contribution in [2.45, 2.75) is 25.4 Å². The molecule has 0 aliphatic carbocycles. The van der Waals surface area contributed by atoms with Crippen LogP contribution < -0.4 is 16.6 Å². The molecule has 1 aromatic heterocycles. The number of nitrogens with zero attached hydrogens (tertiary/aromatic N) is 2. The zero-order valence-corrected chi connectivity index (χ0v) is 10.8. The highest BCUT2D eigenvalue weighted by Gasteiger charge is 2.17. The molecule has 7 nitrogen and oxygen atoms in total. The second-order valence-corrected chi connectivity index (χ2v) is 4.59. The summed E-state index contributed by atoms with van der Waals surface area (Å²) in [6.07, 6.45) is 2.90. The number of ether oxygens (including phenoxy) is 1. The van der Waals surface area contributed by atoms with E-state index in [0.29, 0.717) is 13.2 Å². The molecule has 1 fully saturated rings. The molecule has 1 saturated heterocycles. The number of carbonyl (C=O) groups is 1. The van der Waals surface area contributed by atoms with E-state index in [9.17, 15) is 14.4 Å². The van der Waals surface area contributed by atoms with Crippen LogP contribution in [-0.2, 0) is 23.1 Å². The minimum atomic E-state index is -0.491. The quantitative estimate of drug-likeness (QED) is 0.749. The van der Waals surface area contributed by atoms with Crippen molar-refractivity contribution in [2.24, 2.45) is 7.05 Å². The standard InChI is InChI=1S/C12H17N3O4/c1-14-5-2-11(17)15(12(14)18)8-10(16)13-9-3-6-19-7-4-9/h2,5,9H,3-4,6-8H2,1H3,(H,13,16). The van der Waals surface area contributed by atoms with Gasteiger partial charge in [-0.05, 0) is 12.8 Å². The lowest BCUT2D eigenvalue weighted by molar-refractivity contribution is -0.123. The van der Waals surface area contributed by atoms with Crippen LogP contribution in [0.4, 0.5) is 0 Å². The molecule has 0 atom stereocenters. The van der Waals surface area contributed by atoms with E-state index in [0.717, 1.165) is 17.4 Å². The molecule has 0 radical (unpaired) electrons. The van der Waals surface area contributed by atoms with Gasteiger partial charge in [-0.25, -0.2) is 4.79 Å². The number of carbonyl (C=O) groups excluding carboxylic acids is 1. The van der Waals surface area contributed by atoms with Gasteiger partial charge in [0.25, 0.3) is 5.56 Å². The summed E-state index contributed by atoms with van der Waals surface area (Å²) in [6.45, 7) is 1.000. The first kappa shape index (κ1) is 13.5. The van der Waals surface area contributed by atoms with E-state index in [4.69, 9.17) is 4.74 Å². The van der Waals surface area contributed by atoms with Crippen molar-refractivity contribution < 1.29 is 9.53 Å². The van der Waals surface area contributed by atoms with Crippen LogP contribution in [0.3, 0.4) is 0 Å². The highest BCUT2D eigenvalue weighted by atomic mass is 16.5. The van der Waals surface area contributed by atoms with E-state index in [-0.39, 0.29) is 18.5 Å². The molecule has 0 unspecified atom stereocenters. The number of aryl methyl sites for hydroxylation is 1. The van der Waals surface area contributed by atoms with Gasteiger partial charge in [0.15, 0.2) is 0 Å². The first-order valence-electron chi connectivity index (χ1n) is 6.21. The Kier molecular flexibility index (Phi) is 4.16. The summed E-state index contributed by atoms with van der Waals surface area (Å²) >= 11 is 0. The maximum atomic E-state index is 11.8. The molecule has 1 N–H and O–H groups in total. The number of hydrogen-bond donors (Lipinski definition) is 1. The van der Waals surface area contributed by atoms with Crippen LogP contribution in [0.25, 0.3) is 0 Å². The highest BCUT2D eigenvalue weighted by Crippen LogP contribution is 2.05. The van der Waals surface area contributed by atoms with Crippen molar-refractivity contribution in [3.8, 4) is 0 Å². The van der Waals surface area contributed by atoms with Gasteiger partial charge >= 0.3 is 5.69 Å². The van der Waals surface area contributed by atoms with Gasteiger partial charge in [0.2, 0.25) is 5.91 Å². The maximum absolute atomic E-state index is 11.8. The number of rotatable bonds is 3. The molecular formula is C12H17N3O4. The van der Waals surface area contributed by atoms with Gasteiger partial charge in [-0.15, -0.1) is 0 Å². The van der Waals surface area contributed by atoms with Crippen molar-refractivity contribution in [1.82, 2.24) is 14.5 Å². The lowest BCUT2D eigenvalue weighted by Gasteiger charge is -2.23. The second kappa shape index (κ2) is 5.83. The van der Waals surface area contributed by atoms with E-state index in [1.54, 1.807) is 0 Å². The Hall–Kier alpha value is -1.89. The fraction of sp³-hybridized carbons (Fsp3) is 0.583. The largest absolute Gasteiger partial charge is 0.381 e. The zero-order chi connectivity index (χ0) is 13.8. The normalized spacial score (nSPS) is 16.3. The van der Waals surface area contributed by atoms with E-state index in [2.05, 4.69) is 5.32 Å². The average Bonchev–Trinajstić information content (AvgIpc) is 2.40. The lowest BCUT2D eigenvalue weighted by atomic mass is 10.1. The third kappa shape index (κ3) is 3.31. The van der Waals surface area contributed by atoms with Crippen LogP contribution >= 0.6 is 0 Å². The van der Waals surface area contributed by atoms with Gasteiger partial charge in [-0.2, -0.15) is 0 Å². The summed E-state index contributed by atoms with van der Waals surface area (Å²) in [5, 5.41) is 2.81. The molecule has 0 aromatic carbocycles. The summed E-state index contributed by atoms with van der Waals surface area (Å²) in [5.74, 6) is -0.322. The highest BCUT2D eigenvalue weighted by molar-refractivity contribution is 5.76. The summed E-state index contributed by atoms with van der Waals surface area (Å²) < 4.78 is 7.39. The van der Waals surface area contributed by atoms with Crippen LogP contribution in [-0.4, -0.2) is 34.3 Å². The summed E-state index contributed by atoms with van der Waals surface area (Å²) in [7, 11) is 1.54. The third-order valence-electron chi connectivity index (χ3n) is 3.13. The molecule has 1 aliphatic rings. The Morgan fingerprint density at radius 1 is 1.42 bits per heavy atom. The molecular weight excluding hydrogens is 250 g/mol. The van der Waals surface area contributed by atoms with E-state index < -0.39 is 11.2 Å². The van der Waals surface area contributed by atoms with Gasteiger partial charge in [-0.3, -0.25) is 14.2 Å². The minimum absolute atomic E-state index is 0.0597. The van der Waals surface area contributed by atoms with Gasteiger partial charge < -0.3 is 14.6 Å². The fourth-order valence-corrected chi connectivity index (χ4v) is 2.02. The van der Waals surface area contributed by atoms with Crippen LogP contribution in [0.15, 0.2) is 21.9 Å². The molecule has 0 spiro atoms. The van der Waals surface area contributed by atoms with Crippen molar-refractivity contribution in [1.29, 1.82) is 0 Å². The first-order valence-corrected chi connectivity index (χ1v) is 6.21. The minimum Gasteiger partial charge on any atom is -0.381 e. The molecule has 1 aromatic rings. The fourth-order valence-electron chi connectivity index (χ4n) is 2.02. The SMILES string of the molecule is Cn1ccc(=O)n(CC(=O)NC2CCOCC2)c1=O. The predicted molar refractivity (Wildman–Crippen MR) is 67.9 cm³/mol. The van der Waals surface area contributed by atoms with E-state index in [1.165, 1.54) is 23.9 Å². The lowest BCUT2D eigenvalue weighted by Crippen LogP contribution is -2.45. The average molecular weight is 267 g/mol. The Balaban J connectivity index is 2.05. The third-order valence-corrected chi connectivity index (χ3v) is 3.13. The molecule has 1 amide bonds. The first-order chi connectivity index (χ1) is 9.08. The number of amides is 1. The Morgan fingerprint density at radius 3 is 2.79 bits per heavy atom. The summed E-state index contributed by atoms with van der Waals surface area (Å²) in [4.78, 5) is 35.1. The van der Waals surface area contributed by atoms with Crippen LogP contribution in [0, 0.1) is 0 Å². The topological polar surface area (TPSA) is 82.3 Å². The van der Waals surface area contributed by atoms with Crippen LogP contribution in [0.1, 0.15) is 12.8 Å². The van der Waals surface area contributed by atoms with Gasteiger partial charge in [0, 0.05) is 38.6 Å². The predicted octanol–water partition coefficient (Wildman–Crippen LogP) is -1.16. The number of hydrogen-bond acceptors (Lipinski definition) is 4. The Labute approximate surface area is 109 Å². The molecule has 7 heteroatoms. The number of aromatic nitrogens is 2. The van der Waals surface area contributed by atoms with Gasteiger partial charge in [0.05, 0.1) is 0 Å². The summed E-state index contributed by atoms with van der Waals surface area (Å²) in [6, 6.07) is 1.33. The van der Waals surface area contributed by atoms with Crippen molar-refractivity contribution in [3.63, 3.8) is 0 Å². The molecule has 19 heavy (non-hydrogen) atoms. The van der Waals surface area contributed by atoms with Crippen LogP contribution in [0.2, 0.25) is 0 Å². The van der Waals surface area contributed by atoms with Gasteiger partial charge in [0.1, 0.15) is 6.54 Å². The second-order valence-electron chi connectivity index (χ2n) is 4.59. The zero-order valence-electron chi connectivity index (χ0n) is 10.8. The maximum Gasteiger partial charge on any atom is 0.331 e. The molecule has 0 bridgehead atoms. The Bertz CT molecular complexity index is 569. The summed E-state index contributed by atoms with van der Waals surface area (Å²) in [5.41, 5.74) is -0.958.